The molecular weight excluding hydrogens is 188 g/mol. The molecule has 2 aromatic rings. The van der Waals surface area contributed by atoms with E-state index in [1.165, 1.54) is 10.4 Å². The molecule has 0 atom stereocenters. The average molecular weight is 195 g/mol. The minimum absolute atomic E-state index is 0.793. The van der Waals surface area contributed by atoms with Gasteiger partial charge in [0, 0.05) is 9.90 Å². The lowest BCUT2D eigenvalue weighted by molar-refractivity contribution is 1.70. The maximum atomic E-state index is 5.87. The molecule has 0 aliphatic rings. The van der Waals surface area contributed by atoms with Gasteiger partial charge in [-0.05, 0) is 29.1 Å². The van der Waals surface area contributed by atoms with E-state index in [0.29, 0.717) is 0 Å². The lowest BCUT2D eigenvalue weighted by Crippen LogP contribution is -1.70. The summed E-state index contributed by atoms with van der Waals surface area (Å²) in [6.07, 6.45) is 0. The first-order valence-corrected chi connectivity index (χ1v) is 4.91. The van der Waals surface area contributed by atoms with Crippen molar-refractivity contribution in [1.82, 2.24) is 0 Å². The zero-order valence-corrected chi connectivity index (χ0v) is 7.90. The van der Waals surface area contributed by atoms with Crippen LogP contribution in [0.4, 0.5) is 0 Å². The summed E-state index contributed by atoms with van der Waals surface area (Å²) < 4.78 is 0. The largest absolute Gasteiger partial charge is 0.144 e. The molecule has 1 heterocycles. The van der Waals surface area contributed by atoms with Gasteiger partial charge in [0.15, 0.2) is 0 Å². The molecule has 0 saturated carbocycles. The maximum absolute atomic E-state index is 5.87. The molecule has 2 heteroatoms. The molecule has 0 bridgehead atoms. The van der Waals surface area contributed by atoms with Crippen LogP contribution in [-0.2, 0) is 0 Å². The van der Waals surface area contributed by atoms with Crippen LogP contribution in [0, 0.1) is 0 Å². The summed E-state index contributed by atoms with van der Waals surface area (Å²) in [5.41, 5.74) is 1.19. The summed E-state index contributed by atoms with van der Waals surface area (Å²) in [4.78, 5) is 1.26. The molecule has 0 unspecified atom stereocenters. The zero-order valence-electron chi connectivity index (χ0n) is 6.33. The van der Waals surface area contributed by atoms with Crippen molar-refractivity contribution in [2.24, 2.45) is 0 Å². The minimum Gasteiger partial charge on any atom is -0.144 e. The molecule has 0 spiro atoms. The second-order valence-electron chi connectivity index (χ2n) is 2.49. The first kappa shape index (κ1) is 7.84. The van der Waals surface area contributed by atoms with E-state index in [1.54, 1.807) is 11.3 Å². The zero-order chi connectivity index (χ0) is 8.39. The molecule has 0 amide bonds. The van der Waals surface area contributed by atoms with Crippen molar-refractivity contribution in [2.45, 2.75) is 0 Å². The molecule has 0 N–H and O–H groups in total. The fourth-order valence-corrected chi connectivity index (χ4v) is 2.00. The van der Waals surface area contributed by atoms with Gasteiger partial charge >= 0.3 is 0 Å². The fraction of sp³-hybridized carbons (Fsp3) is 0. The highest BCUT2D eigenvalue weighted by molar-refractivity contribution is 7.13. The van der Waals surface area contributed by atoms with Crippen LogP contribution < -0.4 is 0 Å². The summed E-state index contributed by atoms with van der Waals surface area (Å²) in [6.45, 7) is 0. The van der Waals surface area contributed by atoms with Gasteiger partial charge in [0.25, 0.3) is 0 Å². The molecule has 0 fully saturated rings. The van der Waals surface area contributed by atoms with E-state index >= 15 is 0 Å². The first-order chi connectivity index (χ1) is 5.86. The number of halogens is 1. The minimum atomic E-state index is 0.793. The van der Waals surface area contributed by atoms with Crippen molar-refractivity contribution >= 4 is 22.9 Å². The average Bonchev–Trinajstić information content (AvgIpc) is 2.56. The molecule has 1 aromatic carbocycles. The third-order valence-corrected chi connectivity index (χ3v) is 2.78. The Morgan fingerprint density at radius 2 is 2.00 bits per heavy atom. The van der Waals surface area contributed by atoms with Crippen LogP contribution in [-0.4, -0.2) is 0 Å². The highest BCUT2D eigenvalue weighted by Crippen LogP contribution is 2.26. The maximum Gasteiger partial charge on any atom is 0.0412 e. The van der Waals surface area contributed by atoms with E-state index in [-0.39, 0.29) is 0 Å². The monoisotopic (exact) mass is 194 g/mol. The molecule has 0 radical (unpaired) electrons. The number of benzene rings is 1. The summed E-state index contributed by atoms with van der Waals surface area (Å²) >= 11 is 7.59. The first-order valence-electron chi connectivity index (χ1n) is 3.66. The van der Waals surface area contributed by atoms with Crippen LogP contribution in [0.1, 0.15) is 0 Å². The van der Waals surface area contributed by atoms with Crippen molar-refractivity contribution in [3.8, 4) is 10.4 Å². The van der Waals surface area contributed by atoms with E-state index in [4.69, 9.17) is 11.6 Å². The van der Waals surface area contributed by atoms with E-state index in [2.05, 4.69) is 17.5 Å². The Hall–Kier alpha value is -0.790. The van der Waals surface area contributed by atoms with Gasteiger partial charge < -0.3 is 0 Å². The Bertz CT molecular complexity index is 365. The van der Waals surface area contributed by atoms with Crippen LogP contribution in [0.15, 0.2) is 41.8 Å². The summed E-state index contributed by atoms with van der Waals surface area (Å²) in [7, 11) is 0. The summed E-state index contributed by atoms with van der Waals surface area (Å²) in [5.74, 6) is 0. The number of hydrogen-bond acceptors (Lipinski definition) is 1. The van der Waals surface area contributed by atoms with Gasteiger partial charge in [0.05, 0.1) is 0 Å². The number of hydrogen-bond donors (Lipinski definition) is 0. The molecule has 0 saturated heterocycles. The van der Waals surface area contributed by atoms with Crippen LogP contribution in [0.5, 0.6) is 0 Å². The Morgan fingerprint density at radius 1 is 1.08 bits per heavy atom. The standard InChI is InChI=1S/C10H7ClS/c11-9-4-1-3-8(7-9)10-5-2-6-12-10/h1-7H. The molecular formula is C10H7ClS. The van der Waals surface area contributed by atoms with Crippen LogP contribution in [0.2, 0.25) is 5.02 Å². The second kappa shape index (κ2) is 3.30. The normalized spacial score (nSPS) is 10.1. The summed E-state index contributed by atoms with van der Waals surface area (Å²) in [5, 5.41) is 2.86. The Labute approximate surface area is 80.4 Å². The molecule has 0 nitrogen and oxygen atoms in total. The number of rotatable bonds is 1. The topological polar surface area (TPSA) is 0 Å². The molecule has 0 aliphatic carbocycles. The SMILES string of the molecule is Clc1cccc(-c2cccs2)c1. The van der Waals surface area contributed by atoms with Crippen LogP contribution in [0.3, 0.4) is 0 Å². The third-order valence-electron chi connectivity index (χ3n) is 1.63. The summed E-state index contributed by atoms with van der Waals surface area (Å²) in [6, 6.07) is 12.0. The van der Waals surface area contributed by atoms with E-state index in [9.17, 15) is 0 Å². The van der Waals surface area contributed by atoms with Gasteiger partial charge in [-0.15, -0.1) is 11.3 Å². The second-order valence-corrected chi connectivity index (χ2v) is 3.87. The van der Waals surface area contributed by atoms with Gasteiger partial charge in [-0.25, -0.2) is 0 Å². The van der Waals surface area contributed by atoms with Gasteiger partial charge in [0.2, 0.25) is 0 Å². The highest BCUT2D eigenvalue weighted by atomic mass is 35.5. The van der Waals surface area contributed by atoms with Crippen molar-refractivity contribution in [3.63, 3.8) is 0 Å². The van der Waals surface area contributed by atoms with Gasteiger partial charge in [-0.1, -0.05) is 29.8 Å². The van der Waals surface area contributed by atoms with Crippen LogP contribution in [0.25, 0.3) is 10.4 Å². The van der Waals surface area contributed by atoms with Crippen molar-refractivity contribution in [1.29, 1.82) is 0 Å². The number of thiophene rings is 1. The van der Waals surface area contributed by atoms with E-state index in [1.807, 2.05) is 24.3 Å². The van der Waals surface area contributed by atoms with E-state index < -0.39 is 0 Å². The predicted molar refractivity (Wildman–Crippen MR) is 54.8 cm³/mol. The molecule has 60 valence electrons. The third kappa shape index (κ3) is 1.52. The highest BCUT2D eigenvalue weighted by Gasteiger charge is 1.97. The lowest BCUT2D eigenvalue weighted by Gasteiger charge is -1.96. The van der Waals surface area contributed by atoms with Crippen LogP contribution >= 0.6 is 22.9 Å². The predicted octanol–water partition coefficient (Wildman–Crippen LogP) is 4.07. The van der Waals surface area contributed by atoms with E-state index in [0.717, 1.165) is 5.02 Å². The van der Waals surface area contributed by atoms with Gasteiger partial charge in [0.1, 0.15) is 0 Å². The molecule has 12 heavy (non-hydrogen) atoms. The van der Waals surface area contributed by atoms with Crippen molar-refractivity contribution in [2.75, 3.05) is 0 Å². The molecule has 1 aromatic heterocycles. The fourth-order valence-electron chi connectivity index (χ4n) is 1.08. The molecule has 2 rings (SSSR count). The van der Waals surface area contributed by atoms with Crippen molar-refractivity contribution < 1.29 is 0 Å². The van der Waals surface area contributed by atoms with Gasteiger partial charge in [-0.3, -0.25) is 0 Å². The Balaban J connectivity index is 2.48. The van der Waals surface area contributed by atoms with Gasteiger partial charge in [-0.2, -0.15) is 0 Å². The van der Waals surface area contributed by atoms with Crippen molar-refractivity contribution in [3.05, 3.63) is 46.8 Å². The Kier molecular flexibility index (Phi) is 2.15. The quantitative estimate of drug-likeness (QED) is 0.642. The molecule has 0 aliphatic heterocycles. The Morgan fingerprint density at radius 3 is 2.67 bits per heavy atom. The lowest BCUT2D eigenvalue weighted by atomic mass is 10.2. The smallest absolute Gasteiger partial charge is 0.0412 e.